The molecule has 0 aliphatic carbocycles. The first kappa shape index (κ1) is 27.3. The summed E-state index contributed by atoms with van der Waals surface area (Å²) in [6.45, 7) is 8.06. The van der Waals surface area contributed by atoms with Crippen molar-refractivity contribution < 1.29 is 20.2 Å². The van der Waals surface area contributed by atoms with Crippen molar-refractivity contribution in [3.8, 4) is 0 Å². The summed E-state index contributed by atoms with van der Waals surface area (Å²) in [6, 6.07) is 5.37. The van der Waals surface area contributed by atoms with Crippen LogP contribution in [-0.2, 0) is 6.54 Å². The van der Waals surface area contributed by atoms with Gasteiger partial charge >= 0.3 is 0 Å². The molecule has 1 aliphatic heterocycles. The van der Waals surface area contributed by atoms with Gasteiger partial charge in [0.25, 0.3) is 5.69 Å². The number of piperidine rings is 1. The molecule has 0 spiro atoms. The third-order valence-electron chi connectivity index (χ3n) is 5.40. The van der Waals surface area contributed by atoms with Crippen LogP contribution in [0.4, 0.5) is 11.4 Å². The van der Waals surface area contributed by atoms with Gasteiger partial charge in [0, 0.05) is 38.3 Å². The topological polar surface area (TPSA) is 131 Å². The minimum Gasteiger partial charge on any atom is -0.395 e. The second-order valence-electron chi connectivity index (χ2n) is 7.79. The molecule has 9 heteroatoms. The molecule has 2 rings (SSSR count). The van der Waals surface area contributed by atoms with Gasteiger partial charge in [-0.05, 0) is 37.4 Å². The number of hydrogen-bond acceptors (Lipinski definition) is 8. The van der Waals surface area contributed by atoms with E-state index in [1.54, 1.807) is 12.1 Å². The van der Waals surface area contributed by atoms with Crippen LogP contribution in [0, 0.1) is 10.1 Å². The smallest absolute Gasteiger partial charge is 0.292 e. The summed E-state index contributed by atoms with van der Waals surface area (Å²) >= 11 is 0. The Morgan fingerprint density at radius 2 is 2.00 bits per heavy atom. The van der Waals surface area contributed by atoms with Crippen LogP contribution < -0.4 is 10.6 Å². The number of unbranched alkanes of at least 4 members (excludes halogenated alkanes) is 2. The highest BCUT2D eigenvalue weighted by molar-refractivity contribution is 5.62. The number of anilines is 1. The fourth-order valence-electron chi connectivity index (χ4n) is 3.58. The Morgan fingerprint density at radius 3 is 2.61 bits per heavy atom. The van der Waals surface area contributed by atoms with Gasteiger partial charge in [-0.25, -0.2) is 0 Å². The van der Waals surface area contributed by atoms with Crippen LogP contribution >= 0.6 is 0 Å². The predicted molar refractivity (Wildman–Crippen MR) is 123 cm³/mol. The molecule has 1 heterocycles. The molecule has 0 aromatic heterocycles. The number of nitrogens with one attached hydrogen (secondary N) is 2. The Hall–Kier alpha value is -1.78. The first-order chi connectivity index (χ1) is 15.0. The van der Waals surface area contributed by atoms with Crippen LogP contribution in [0.15, 0.2) is 18.2 Å². The number of likely N-dealkylation sites (tertiary alicyclic amines) is 1. The van der Waals surface area contributed by atoms with Crippen molar-refractivity contribution in [3.63, 3.8) is 0 Å². The Balaban J connectivity index is 0.000000367. The average molecular weight is 441 g/mol. The zero-order valence-corrected chi connectivity index (χ0v) is 18.9. The molecule has 0 bridgehead atoms. The Morgan fingerprint density at radius 1 is 1.23 bits per heavy atom. The van der Waals surface area contributed by atoms with E-state index < -0.39 is 0 Å². The van der Waals surface area contributed by atoms with Crippen LogP contribution in [0.2, 0.25) is 0 Å². The molecule has 1 saturated heterocycles. The first-order valence-electron chi connectivity index (χ1n) is 11.3. The summed E-state index contributed by atoms with van der Waals surface area (Å²) < 4.78 is 0. The summed E-state index contributed by atoms with van der Waals surface area (Å²) in [6.07, 6.45) is 4.63. The zero-order chi connectivity index (χ0) is 23.1. The van der Waals surface area contributed by atoms with Gasteiger partial charge in [-0.3, -0.25) is 15.0 Å². The summed E-state index contributed by atoms with van der Waals surface area (Å²) in [5.41, 5.74) is 1.51. The van der Waals surface area contributed by atoms with Gasteiger partial charge in [0.2, 0.25) is 0 Å². The minimum absolute atomic E-state index is 0.0547. The van der Waals surface area contributed by atoms with Gasteiger partial charge in [0.15, 0.2) is 0 Å². The Labute approximate surface area is 185 Å². The lowest BCUT2D eigenvalue weighted by atomic mass is 10.0. The van der Waals surface area contributed by atoms with Crippen molar-refractivity contribution in [1.82, 2.24) is 10.2 Å². The molecule has 2 unspecified atom stereocenters. The van der Waals surface area contributed by atoms with E-state index >= 15 is 0 Å². The molecule has 1 aliphatic rings. The monoisotopic (exact) mass is 440 g/mol. The van der Waals surface area contributed by atoms with Crippen LogP contribution in [-0.4, -0.2) is 76.7 Å². The molecule has 1 aromatic rings. The number of rotatable bonds is 12. The summed E-state index contributed by atoms with van der Waals surface area (Å²) in [5.74, 6) is 0. The molecule has 31 heavy (non-hydrogen) atoms. The predicted octanol–water partition coefficient (Wildman–Crippen LogP) is 2.10. The fraction of sp³-hybridized carbons (Fsp3) is 0.727. The summed E-state index contributed by atoms with van der Waals surface area (Å²) in [5, 5.41) is 44.2. The molecule has 0 saturated carbocycles. The Kier molecular flexibility index (Phi) is 14.0. The number of benzene rings is 1. The van der Waals surface area contributed by atoms with E-state index in [-0.39, 0.29) is 36.0 Å². The fourth-order valence-corrected chi connectivity index (χ4v) is 3.58. The van der Waals surface area contributed by atoms with Crippen molar-refractivity contribution in [2.24, 2.45) is 0 Å². The van der Waals surface area contributed by atoms with E-state index in [0.717, 1.165) is 57.3 Å². The quantitative estimate of drug-likeness (QED) is 0.190. The highest BCUT2D eigenvalue weighted by Gasteiger charge is 2.25. The van der Waals surface area contributed by atoms with E-state index in [9.17, 15) is 15.2 Å². The second-order valence-corrected chi connectivity index (χ2v) is 7.79. The van der Waals surface area contributed by atoms with Crippen molar-refractivity contribution in [1.29, 1.82) is 0 Å². The molecule has 2 atom stereocenters. The third kappa shape index (κ3) is 10.4. The van der Waals surface area contributed by atoms with E-state index in [0.29, 0.717) is 18.8 Å². The van der Waals surface area contributed by atoms with Gasteiger partial charge in [-0.2, -0.15) is 0 Å². The number of nitro benzene ring substituents is 1. The van der Waals surface area contributed by atoms with Gasteiger partial charge in [0.05, 0.1) is 24.2 Å². The molecule has 1 fully saturated rings. The van der Waals surface area contributed by atoms with E-state index in [1.165, 1.54) is 0 Å². The molecular weight excluding hydrogens is 400 g/mol. The second kappa shape index (κ2) is 15.9. The lowest BCUT2D eigenvalue weighted by Gasteiger charge is -2.35. The van der Waals surface area contributed by atoms with Gasteiger partial charge in [-0.15, -0.1) is 0 Å². The van der Waals surface area contributed by atoms with E-state index in [4.69, 9.17) is 10.2 Å². The lowest BCUT2D eigenvalue weighted by molar-refractivity contribution is -0.384. The standard InChI is InChI=1S/C14H23N3O3.C8H17NO2/c1-2-3-4-7-16-13-6-5-12(11-15-8-9-18)10-14(13)17(19)20;1-2-9-4-3-8(11)5-7(9)6-10/h5-6,10,15-16,18H,2-4,7-9,11H2,1H3;7-8,10-11H,2-6H2,1H3. The molecule has 0 amide bonds. The van der Waals surface area contributed by atoms with Crippen molar-refractivity contribution in [3.05, 3.63) is 33.9 Å². The van der Waals surface area contributed by atoms with Crippen LogP contribution in [0.5, 0.6) is 0 Å². The maximum Gasteiger partial charge on any atom is 0.292 e. The molecule has 1 aromatic carbocycles. The van der Waals surface area contributed by atoms with Crippen molar-refractivity contribution >= 4 is 11.4 Å². The highest BCUT2D eigenvalue weighted by Crippen LogP contribution is 2.25. The van der Waals surface area contributed by atoms with Crippen LogP contribution in [0.3, 0.4) is 0 Å². The first-order valence-corrected chi connectivity index (χ1v) is 11.3. The molecule has 5 N–H and O–H groups in total. The molecular formula is C22H40N4O5. The van der Waals surface area contributed by atoms with Crippen LogP contribution in [0.25, 0.3) is 0 Å². The number of aliphatic hydroxyl groups excluding tert-OH is 3. The van der Waals surface area contributed by atoms with Crippen molar-refractivity contribution in [2.75, 3.05) is 44.7 Å². The molecule has 9 nitrogen and oxygen atoms in total. The number of nitrogens with zero attached hydrogens (tertiary/aromatic N) is 2. The van der Waals surface area contributed by atoms with E-state index in [1.807, 2.05) is 6.07 Å². The number of nitro groups is 1. The van der Waals surface area contributed by atoms with Crippen LogP contribution in [0.1, 0.15) is 51.5 Å². The number of aliphatic hydroxyl groups is 3. The third-order valence-corrected chi connectivity index (χ3v) is 5.40. The summed E-state index contributed by atoms with van der Waals surface area (Å²) in [7, 11) is 0. The maximum atomic E-state index is 11.1. The van der Waals surface area contributed by atoms with Gasteiger partial charge < -0.3 is 26.0 Å². The largest absolute Gasteiger partial charge is 0.395 e. The van der Waals surface area contributed by atoms with Crippen molar-refractivity contribution in [2.45, 2.75) is 64.6 Å². The minimum atomic E-state index is -0.363. The van der Waals surface area contributed by atoms with Gasteiger partial charge in [0.1, 0.15) is 5.69 Å². The Bertz CT molecular complexity index is 632. The number of hydrogen-bond donors (Lipinski definition) is 5. The zero-order valence-electron chi connectivity index (χ0n) is 18.9. The average Bonchev–Trinajstić information content (AvgIpc) is 2.77. The lowest BCUT2D eigenvalue weighted by Crippen LogP contribution is -2.45. The van der Waals surface area contributed by atoms with E-state index in [2.05, 4.69) is 29.4 Å². The maximum absolute atomic E-state index is 11.1. The molecule has 178 valence electrons. The normalized spacial score (nSPS) is 18.9. The summed E-state index contributed by atoms with van der Waals surface area (Å²) in [4.78, 5) is 12.9. The SMILES string of the molecule is CCCCCNc1ccc(CNCCO)cc1[N+](=O)[O-].CCN1CCC(O)CC1CO. The van der Waals surface area contributed by atoms with Gasteiger partial charge in [-0.1, -0.05) is 32.8 Å². The molecule has 0 radical (unpaired) electrons. The number of likely N-dealkylation sites (N-methyl/N-ethyl adjacent to an activating group) is 1. The highest BCUT2D eigenvalue weighted by atomic mass is 16.6.